The maximum absolute atomic E-state index is 13.6. The van der Waals surface area contributed by atoms with Crippen molar-refractivity contribution in [3.8, 4) is 0 Å². The third kappa shape index (κ3) is 3.30. The second-order valence-corrected chi connectivity index (χ2v) is 3.95. The molecule has 108 valence electrons. The van der Waals surface area contributed by atoms with Crippen molar-refractivity contribution >= 4 is 23.0 Å². The summed E-state index contributed by atoms with van der Waals surface area (Å²) in [6, 6.07) is 5.82. The molecule has 0 saturated carbocycles. The molecular weight excluding hydrogens is 277 g/mol. The molecule has 0 radical (unpaired) electrons. The van der Waals surface area contributed by atoms with Gasteiger partial charge in [-0.1, -0.05) is 18.2 Å². The molecule has 0 bridgehead atoms. The third-order valence-corrected chi connectivity index (χ3v) is 2.55. The maximum atomic E-state index is 13.6. The van der Waals surface area contributed by atoms with E-state index in [4.69, 9.17) is 0 Å². The van der Waals surface area contributed by atoms with Gasteiger partial charge in [-0.2, -0.15) is 0 Å². The normalized spacial score (nSPS) is 9.95. The van der Waals surface area contributed by atoms with E-state index in [0.717, 1.165) is 6.33 Å². The zero-order valence-corrected chi connectivity index (χ0v) is 10.9. The highest BCUT2D eigenvalue weighted by molar-refractivity contribution is 5.73. The molecule has 0 saturated heterocycles. The Labute approximate surface area is 119 Å². The Bertz CT molecular complexity index is 677. The average Bonchev–Trinajstić information content (AvgIpc) is 2.47. The second kappa shape index (κ2) is 6.42. The molecule has 2 aromatic rings. The van der Waals surface area contributed by atoms with E-state index in [1.807, 2.05) is 0 Å². The van der Waals surface area contributed by atoms with E-state index in [1.165, 1.54) is 24.3 Å². The van der Waals surface area contributed by atoms with Gasteiger partial charge < -0.3 is 10.6 Å². The summed E-state index contributed by atoms with van der Waals surface area (Å²) in [7, 11) is 0. The maximum Gasteiger partial charge on any atom is 0.353 e. The van der Waals surface area contributed by atoms with E-state index in [9.17, 15) is 14.5 Å². The first-order chi connectivity index (χ1) is 10.1. The summed E-state index contributed by atoms with van der Waals surface area (Å²) in [6.45, 7) is 3.81. The number of hydrogen-bond donors (Lipinski definition) is 2. The van der Waals surface area contributed by atoms with Crippen molar-refractivity contribution in [2.45, 2.75) is 0 Å². The zero-order chi connectivity index (χ0) is 15.2. The number of nitrogens with one attached hydrogen (secondary N) is 2. The molecule has 0 fully saturated rings. The van der Waals surface area contributed by atoms with Crippen molar-refractivity contribution in [2.75, 3.05) is 17.2 Å². The molecule has 0 atom stereocenters. The van der Waals surface area contributed by atoms with Crippen LogP contribution in [0.15, 0.2) is 43.2 Å². The van der Waals surface area contributed by atoms with E-state index >= 15 is 0 Å². The first-order valence-corrected chi connectivity index (χ1v) is 5.99. The first kappa shape index (κ1) is 14.4. The Balaban J connectivity index is 2.41. The summed E-state index contributed by atoms with van der Waals surface area (Å²) in [6.07, 6.45) is 2.69. The zero-order valence-electron chi connectivity index (χ0n) is 10.9. The Hall–Kier alpha value is -3.03. The number of nitrogens with zero attached hydrogens (tertiary/aromatic N) is 3. The predicted molar refractivity (Wildman–Crippen MR) is 77.1 cm³/mol. The lowest BCUT2D eigenvalue weighted by molar-refractivity contribution is -0.383. The monoisotopic (exact) mass is 289 g/mol. The molecule has 0 unspecified atom stereocenters. The SMILES string of the molecule is C=CCNc1ncnc(Nc2ccccc2F)c1[N+](=O)[O-]. The van der Waals surface area contributed by atoms with Gasteiger partial charge >= 0.3 is 5.69 Å². The van der Waals surface area contributed by atoms with Crippen LogP contribution in [-0.4, -0.2) is 21.4 Å². The topological polar surface area (TPSA) is 93.0 Å². The molecule has 0 aliphatic carbocycles. The number of halogens is 1. The molecule has 8 heteroatoms. The van der Waals surface area contributed by atoms with Crippen LogP contribution < -0.4 is 10.6 Å². The van der Waals surface area contributed by atoms with Crippen LogP contribution in [0, 0.1) is 15.9 Å². The van der Waals surface area contributed by atoms with E-state index < -0.39 is 10.7 Å². The highest BCUT2D eigenvalue weighted by atomic mass is 19.1. The fourth-order valence-corrected chi connectivity index (χ4v) is 1.63. The van der Waals surface area contributed by atoms with Gasteiger partial charge in [0.1, 0.15) is 12.1 Å². The van der Waals surface area contributed by atoms with E-state index in [2.05, 4.69) is 27.2 Å². The van der Waals surface area contributed by atoms with Crippen molar-refractivity contribution in [2.24, 2.45) is 0 Å². The van der Waals surface area contributed by atoms with Crippen molar-refractivity contribution in [3.05, 3.63) is 59.2 Å². The van der Waals surface area contributed by atoms with Gasteiger partial charge in [-0.15, -0.1) is 6.58 Å². The van der Waals surface area contributed by atoms with Crippen molar-refractivity contribution in [1.29, 1.82) is 0 Å². The second-order valence-electron chi connectivity index (χ2n) is 3.95. The smallest absolute Gasteiger partial charge is 0.353 e. The van der Waals surface area contributed by atoms with Gasteiger partial charge in [-0.05, 0) is 12.1 Å². The standard InChI is InChI=1S/C13H12FN5O2/c1-2-7-15-12-11(19(20)21)13(17-8-16-12)18-10-6-4-3-5-9(10)14/h2-6,8H,1,7H2,(H2,15,16,17,18). The average molecular weight is 289 g/mol. The summed E-state index contributed by atoms with van der Waals surface area (Å²) in [5, 5.41) is 16.6. The summed E-state index contributed by atoms with van der Waals surface area (Å²) >= 11 is 0. The van der Waals surface area contributed by atoms with Crippen LogP contribution in [0.1, 0.15) is 0 Å². The molecule has 1 aromatic carbocycles. The van der Waals surface area contributed by atoms with Crippen molar-refractivity contribution in [1.82, 2.24) is 9.97 Å². The lowest BCUT2D eigenvalue weighted by Gasteiger charge is -2.09. The molecule has 0 amide bonds. The molecule has 0 spiro atoms. The predicted octanol–water partition coefficient (Wildman–Crippen LogP) is 2.87. The third-order valence-electron chi connectivity index (χ3n) is 2.55. The largest absolute Gasteiger partial charge is 0.361 e. The first-order valence-electron chi connectivity index (χ1n) is 5.99. The number of benzene rings is 1. The molecule has 1 heterocycles. The Morgan fingerprint density at radius 1 is 1.33 bits per heavy atom. The van der Waals surface area contributed by atoms with Gasteiger partial charge in [0.2, 0.25) is 11.6 Å². The van der Waals surface area contributed by atoms with Crippen LogP contribution in [0.25, 0.3) is 0 Å². The van der Waals surface area contributed by atoms with Crippen LogP contribution >= 0.6 is 0 Å². The highest BCUT2D eigenvalue weighted by Gasteiger charge is 2.23. The molecule has 21 heavy (non-hydrogen) atoms. The van der Waals surface area contributed by atoms with E-state index in [-0.39, 0.29) is 23.0 Å². The summed E-state index contributed by atoms with van der Waals surface area (Å²) in [4.78, 5) is 18.2. The quantitative estimate of drug-likeness (QED) is 0.482. The summed E-state index contributed by atoms with van der Waals surface area (Å²) in [5.41, 5.74) is -0.267. The van der Waals surface area contributed by atoms with Gasteiger partial charge in [0.05, 0.1) is 10.6 Å². The van der Waals surface area contributed by atoms with Crippen LogP contribution in [0.4, 0.5) is 27.4 Å². The lowest BCUT2D eigenvalue weighted by atomic mass is 10.3. The van der Waals surface area contributed by atoms with Crippen molar-refractivity contribution in [3.63, 3.8) is 0 Å². The number of hydrogen-bond acceptors (Lipinski definition) is 6. The molecule has 0 aliphatic heterocycles. The van der Waals surface area contributed by atoms with Gasteiger partial charge in [-0.3, -0.25) is 10.1 Å². The minimum atomic E-state index is -0.630. The highest BCUT2D eigenvalue weighted by Crippen LogP contribution is 2.31. The molecular formula is C13H12FN5O2. The van der Waals surface area contributed by atoms with Crippen LogP contribution in [0.3, 0.4) is 0 Å². The summed E-state index contributed by atoms with van der Waals surface area (Å²) < 4.78 is 13.6. The Morgan fingerprint density at radius 2 is 2.05 bits per heavy atom. The van der Waals surface area contributed by atoms with Gasteiger partial charge in [0, 0.05) is 6.54 Å². The van der Waals surface area contributed by atoms with E-state index in [0.29, 0.717) is 6.54 Å². The van der Waals surface area contributed by atoms with Crippen LogP contribution in [0.2, 0.25) is 0 Å². The van der Waals surface area contributed by atoms with E-state index in [1.54, 1.807) is 6.07 Å². The van der Waals surface area contributed by atoms with Gasteiger partial charge in [0.15, 0.2) is 0 Å². The molecule has 2 N–H and O–H groups in total. The van der Waals surface area contributed by atoms with Crippen LogP contribution in [0.5, 0.6) is 0 Å². The Morgan fingerprint density at radius 3 is 2.71 bits per heavy atom. The molecule has 1 aromatic heterocycles. The lowest BCUT2D eigenvalue weighted by Crippen LogP contribution is -2.08. The van der Waals surface area contributed by atoms with Gasteiger partial charge in [0.25, 0.3) is 0 Å². The number of para-hydroxylation sites is 1. The van der Waals surface area contributed by atoms with Crippen molar-refractivity contribution < 1.29 is 9.31 Å². The fourth-order valence-electron chi connectivity index (χ4n) is 1.63. The minimum absolute atomic E-state index is 0.0359. The fraction of sp³-hybridized carbons (Fsp3) is 0.0769. The van der Waals surface area contributed by atoms with Gasteiger partial charge in [-0.25, -0.2) is 14.4 Å². The van der Waals surface area contributed by atoms with Crippen LogP contribution in [-0.2, 0) is 0 Å². The minimum Gasteiger partial charge on any atom is -0.361 e. The number of anilines is 3. The molecule has 2 rings (SSSR count). The molecule has 0 aliphatic rings. The Kier molecular flexibility index (Phi) is 4.39. The number of rotatable bonds is 6. The molecule has 7 nitrogen and oxygen atoms in total. The number of nitro groups is 1. The number of aromatic nitrogens is 2. The summed E-state index contributed by atoms with van der Waals surface area (Å²) in [5.74, 6) is -0.591.